The Morgan fingerprint density at radius 3 is 2.65 bits per heavy atom. The van der Waals surface area contributed by atoms with Gasteiger partial charge in [-0.1, -0.05) is 27.7 Å². The molecule has 0 saturated heterocycles. The fourth-order valence-electron chi connectivity index (χ4n) is 2.18. The second-order valence-corrected chi connectivity index (χ2v) is 7.19. The van der Waals surface area contributed by atoms with Gasteiger partial charge in [0.1, 0.15) is 0 Å². The molecular weight excluding hydrogens is 268 g/mol. The molecule has 1 unspecified atom stereocenters. The first-order valence-corrected chi connectivity index (χ1v) is 7.92. The summed E-state index contributed by atoms with van der Waals surface area (Å²) in [5, 5.41) is 7.71. The van der Waals surface area contributed by atoms with Crippen LogP contribution in [0.3, 0.4) is 0 Å². The van der Waals surface area contributed by atoms with Gasteiger partial charge in [-0.3, -0.25) is 4.68 Å². The van der Waals surface area contributed by atoms with E-state index in [4.69, 9.17) is 10.7 Å². The lowest BCUT2D eigenvalue weighted by Crippen LogP contribution is -2.15. The highest BCUT2D eigenvalue weighted by Gasteiger charge is 2.20. The van der Waals surface area contributed by atoms with E-state index in [-0.39, 0.29) is 11.5 Å². The summed E-state index contributed by atoms with van der Waals surface area (Å²) in [5.74, 6) is 0. The highest BCUT2D eigenvalue weighted by Crippen LogP contribution is 2.26. The summed E-state index contributed by atoms with van der Waals surface area (Å²) in [5.41, 5.74) is 9.82. The molecule has 0 amide bonds. The van der Waals surface area contributed by atoms with Crippen LogP contribution < -0.4 is 5.73 Å². The lowest BCUT2D eigenvalue weighted by Gasteiger charge is -2.14. The van der Waals surface area contributed by atoms with E-state index in [9.17, 15) is 0 Å². The summed E-state index contributed by atoms with van der Waals surface area (Å²) in [6.45, 7) is 8.66. The zero-order valence-electron chi connectivity index (χ0n) is 13.0. The van der Waals surface area contributed by atoms with Crippen molar-refractivity contribution in [1.29, 1.82) is 0 Å². The molecule has 0 radical (unpaired) electrons. The molecule has 0 saturated carbocycles. The average molecular weight is 292 g/mol. The van der Waals surface area contributed by atoms with Crippen molar-refractivity contribution in [1.82, 2.24) is 14.8 Å². The number of thiazole rings is 1. The second-order valence-electron chi connectivity index (χ2n) is 6.25. The second kappa shape index (κ2) is 5.66. The Hall–Kier alpha value is -1.20. The van der Waals surface area contributed by atoms with E-state index in [1.807, 2.05) is 17.9 Å². The van der Waals surface area contributed by atoms with Crippen LogP contribution in [0.1, 0.15) is 55.7 Å². The number of aromatic nitrogens is 3. The zero-order chi connectivity index (χ0) is 14.9. The van der Waals surface area contributed by atoms with Gasteiger partial charge >= 0.3 is 0 Å². The van der Waals surface area contributed by atoms with E-state index in [0.717, 1.165) is 34.8 Å². The third-order valence-electron chi connectivity index (χ3n) is 3.39. The van der Waals surface area contributed by atoms with Crippen LogP contribution in [-0.2, 0) is 25.3 Å². The number of nitrogens with two attached hydrogens (primary N) is 1. The molecule has 20 heavy (non-hydrogen) atoms. The summed E-state index contributed by atoms with van der Waals surface area (Å²) in [4.78, 5) is 4.72. The van der Waals surface area contributed by atoms with Gasteiger partial charge in [0.05, 0.1) is 16.4 Å². The summed E-state index contributed by atoms with van der Waals surface area (Å²) < 4.78 is 1.84. The van der Waals surface area contributed by atoms with Crippen molar-refractivity contribution in [2.75, 3.05) is 0 Å². The molecule has 2 heterocycles. The maximum Gasteiger partial charge on any atom is 0.0947 e. The fourth-order valence-corrected chi connectivity index (χ4v) is 3.27. The minimum Gasteiger partial charge on any atom is -0.323 e. The van der Waals surface area contributed by atoms with Crippen LogP contribution in [0, 0.1) is 0 Å². The van der Waals surface area contributed by atoms with Crippen LogP contribution >= 0.6 is 11.3 Å². The molecule has 2 rings (SSSR count). The molecule has 5 heteroatoms. The fraction of sp³-hybridized carbons (Fsp3) is 0.600. The van der Waals surface area contributed by atoms with Crippen molar-refractivity contribution in [3.63, 3.8) is 0 Å². The lowest BCUT2D eigenvalue weighted by atomic mass is 9.93. The van der Waals surface area contributed by atoms with Gasteiger partial charge in [0.15, 0.2) is 0 Å². The molecular formula is C15H24N4S. The van der Waals surface area contributed by atoms with Gasteiger partial charge in [0, 0.05) is 42.1 Å². The van der Waals surface area contributed by atoms with E-state index in [1.54, 1.807) is 11.3 Å². The number of rotatable bonds is 4. The van der Waals surface area contributed by atoms with Crippen molar-refractivity contribution in [2.45, 2.75) is 52.0 Å². The van der Waals surface area contributed by atoms with Gasteiger partial charge in [0.2, 0.25) is 0 Å². The first-order valence-electron chi connectivity index (χ1n) is 7.04. The molecule has 4 nitrogen and oxygen atoms in total. The maximum atomic E-state index is 6.35. The van der Waals surface area contributed by atoms with Crippen LogP contribution in [0.4, 0.5) is 0 Å². The predicted octanol–water partition coefficient (Wildman–Crippen LogP) is 2.98. The molecule has 2 aromatic rings. The van der Waals surface area contributed by atoms with Gasteiger partial charge in [-0.2, -0.15) is 5.10 Å². The Labute approximate surface area is 125 Å². The van der Waals surface area contributed by atoms with Crippen LogP contribution in [-0.4, -0.2) is 14.8 Å². The van der Waals surface area contributed by atoms with Crippen molar-refractivity contribution >= 4 is 11.3 Å². The minimum atomic E-state index is -0.0300. The largest absolute Gasteiger partial charge is 0.323 e. The van der Waals surface area contributed by atoms with Crippen molar-refractivity contribution in [3.8, 4) is 0 Å². The highest BCUT2D eigenvalue weighted by molar-refractivity contribution is 7.09. The highest BCUT2D eigenvalue weighted by atomic mass is 32.1. The van der Waals surface area contributed by atoms with E-state index in [1.165, 1.54) is 0 Å². The first-order chi connectivity index (χ1) is 9.31. The normalized spacial score (nSPS) is 13.7. The maximum absolute atomic E-state index is 6.35. The van der Waals surface area contributed by atoms with Gasteiger partial charge in [-0.25, -0.2) is 4.98 Å². The summed E-state index contributed by atoms with van der Waals surface area (Å²) in [7, 11) is 1.94. The number of aryl methyl sites for hydroxylation is 2. The third-order valence-corrected chi connectivity index (χ3v) is 4.26. The Bertz CT molecular complexity index is 577. The molecule has 2 N–H and O–H groups in total. The van der Waals surface area contributed by atoms with Crippen LogP contribution in [0.15, 0.2) is 11.6 Å². The van der Waals surface area contributed by atoms with Gasteiger partial charge < -0.3 is 5.73 Å². The quantitative estimate of drug-likeness (QED) is 0.942. The summed E-state index contributed by atoms with van der Waals surface area (Å²) >= 11 is 1.70. The Morgan fingerprint density at radius 2 is 2.10 bits per heavy atom. The Morgan fingerprint density at radius 1 is 1.40 bits per heavy atom. The molecule has 0 aliphatic rings. The molecule has 0 spiro atoms. The van der Waals surface area contributed by atoms with E-state index >= 15 is 0 Å². The first kappa shape index (κ1) is 15.2. The van der Waals surface area contributed by atoms with E-state index in [2.05, 4.69) is 38.2 Å². The molecule has 0 fully saturated rings. The van der Waals surface area contributed by atoms with Gasteiger partial charge in [-0.15, -0.1) is 11.3 Å². The van der Waals surface area contributed by atoms with Crippen molar-refractivity contribution in [3.05, 3.63) is 33.5 Å². The molecule has 0 bridgehead atoms. The molecule has 0 aromatic carbocycles. The molecule has 0 aliphatic heterocycles. The zero-order valence-corrected chi connectivity index (χ0v) is 13.8. The standard InChI is InChI=1S/C15H24N4S/c1-6-12-10(8-19(5)18-12)11(16)7-14-17-13(9-20-14)15(2,3)4/h8-9,11H,6-7,16H2,1-5H3. The number of hydrogen-bond donors (Lipinski definition) is 1. The average Bonchev–Trinajstić information content (AvgIpc) is 2.94. The summed E-state index contributed by atoms with van der Waals surface area (Å²) in [6.07, 6.45) is 3.72. The van der Waals surface area contributed by atoms with Crippen molar-refractivity contribution < 1.29 is 0 Å². The number of hydrogen-bond acceptors (Lipinski definition) is 4. The predicted molar refractivity (Wildman–Crippen MR) is 84.0 cm³/mol. The lowest BCUT2D eigenvalue weighted by molar-refractivity contribution is 0.569. The molecule has 0 aliphatic carbocycles. The molecule has 110 valence electrons. The van der Waals surface area contributed by atoms with Crippen LogP contribution in [0.25, 0.3) is 0 Å². The number of nitrogens with zero attached hydrogens (tertiary/aromatic N) is 3. The minimum absolute atomic E-state index is 0.0300. The Kier molecular flexibility index (Phi) is 4.30. The van der Waals surface area contributed by atoms with Crippen molar-refractivity contribution in [2.24, 2.45) is 12.8 Å². The topological polar surface area (TPSA) is 56.7 Å². The van der Waals surface area contributed by atoms with Crippen LogP contribution in [0.2, 0.25) is 0 Å². The van der Waals surface area contributed by atoms with Gasteiger partial charge in [0.25, 0.3) is 0 Å². The SMILES string of the molecule is CCc1nn(C)cc1C(N)Cc1nc(C(C)(C)C)cs1. The summed E-state index contributed by atoms with van der Waals surface area (Å²) in [6, 6.07) is -0.0300. The van der Waals surface area contributed by atoms with E-state index < -0.39 is 0 Å². The third kappa shape index (κ3) is 3.27. The van der Waals surface area contributed by atoms with E-state index in [0.29, 0.717) is 0 Å². The molecule has 2 aromatic heterocycles. The molecule has 1 atom stereocenters. The Balaban J connectivity index is 2.15. The smallest absolute Gasteiger partial charge is 0.0947 e. The monoisotopic (exact) mass is 292 g/mol. The van der Waals surface area contributed by atoms with Gasteiger partial charge in [-0.05, 0) is 6.42 Å². The van der Waals surface area contributed by atoms with Crippen LogP contribution in [0.5, 0.6) is 0 Å².